The fourth-order valence-electron chi connectivity index (χ4n) is 2.11. The lowest BCUT2D eigenvalue weighted by Crippen LogP contribution is -2.27. The average Bonchev–Trinajstić information content (AvgIpc) is 2.44. The van der Waals surface area contributed by atoms with Crippen LogP contribution in [0.25, 0.3) is 5.57 Å². The van der Waals surface area contributed by atoms with Crippen molar-refractivity contribution < 1.29 is 14.3 Å². The SMILES string of the molecule is CCN1CC=C(C=O)c2ccc(C(=O)OC)cc21. The van der Waals surface area contributed by atoms with Gasteiger partial charge in [-0.2, -0.15) is 0 Å². The first kappa shape index (κ1) is 12.4. The quantitative estimate of drug-likeness (QED) is 0.602. The predicted octanol–water partition coefficient (Wildman–Crippen LogP) is 1.90. The second-order valence-corrected chi connectivity index (χ2v) is 4.04. The van der Waals surface area contributed by atoms with E-state index in [1.54, 1.807) is 18.2 Å². The van der Waals surface area contributed by atoms with Crippen molar-refractivity contribution in [2.75, 3.05) is 25.1 Å². The lowest BCUT2D eigenvalue weighted by molar-refractivity contribution is -0.103. The lowest BCUT2D eigenvalue weighted by Gasteiger charge is -2.28. The van der Waals surface area contributed by atoms with Gasteiger partial charge in [-0.05, 0) is 19.1 Å². The highest BCUT2D eigenvalue weighted by Crippen LogP contribution is 2.31. The molecule has 1 aromatic carbocycles. The molecule has 0 aromatic heterocycles. The third-order valence-electron chi connectivity index (χ3n) is 3.11. The molecule has 0 atom stereocenters. The third kappa shape index (κ3) is 2.01. The Bertz CT molecular complexity index is 520. The molecule has 4 nitrogen and oxygen atoms in total. The number of carbonyl (C=O) groups is 2. The molecule has 0 fully saturated rings. The van der Waals surface area contributed by atoms with Crippen molar-refractivity contribution in [2.24, 2.45) is 0 Å². The number of likely N-dealkylation sites (N-methyl/N-ethyl adjacent to an activating group) is 1. The summed E-state index contributed by atoms with van der Waals surface area (Å²) in [5, 5.41) is 0. The average molecular weight is 245 g/mol. The van der Waals surface area contributed by atoms with Crippen LogP contribution in [0.15, 0.2) is 24.3 Å². The van der Waals surface area contributed by atoms with Gasteiger partial charge in [0.15, 0.2) is 0 Å². The topological polar surface area (TPSA) is 46.6 Å². The highest BCUT2D eigenvalue weighted by molar-refractivity contribution is 6.11. The fourth-order valence-corrected chi connectivity index (χ4v) is 2.11. The summed E-state index contributed by atoms with van der Waals surface area (Å²) in [5.74, 6) is -0.365. The summed E-state index contributed by atoms with van der Waals surface area (Å²) in [5.41, 5.74) is 2.95. The van der Waals surface area contributed by atoms with Gasteiger partial charge in [0.25, 0.3) is 0 Å². The normalized spacial score (nSPS) is 13.7. The Balaban J connectivity index is 2.51. The van der Waals surface area contributed by atoms with Crippen LogP contribution >= 0.6 is 0 Å². The summed E-state index contributed by atoms with van der Waals surface area (Å²) in [6.45, 7) is 3.54. The van der Waals surface area contributed by atoms with Crippen molar-refractivity contribution in [1.82, 2.24) is 0 Å². The van der Waals surface area contributed by atoms with Gasteiger partial charge in [-0.3, -0.25) is 4.79 Å². The third-order valence-corrected chi connectivity index (χ3v) is 3.11. The Kier molecular flexibility index (Phi) is 3.46. The van der Waals surface area contributed by atoms with Crippen LogP contribution in [0.2, 0.25) is 0 Å². The summed E-state index contributed by atoms with van der Waals surface area (Å²) in [6, 6.07) is 5.26. The molecule has 0 spiro atoms. The van der Waals surface area contributed by atoms with Gasteiger partial charge < -0.3 is 9.64 Å². The largest absolute Gasteiger partial charge is 0.465 e. The molecule has 1 aromatic rings. The van der Waals surface area contributed by atoms with Gasteiger partial charge in [-0.15, -0.1) is 0 Å². The molecule has 1 aliphatic rings. The van der Waals surface area contributed by atoms with E-state index < -0.39 is 0 Å². The molecule has 0 N–H and O–H groups in total. The second kappa shape index (κ2) is 5.04. The zero-order chi connectivity index (χ0) is 13.1. The van der Waals surface area contributed by atoms with Crippen LogP contribution in [-0.4, -0.2) is 32.5 Å². The first-order chi connectivity index (χ1) is 8.71. The number of methoxy groups -OCH3 is 1. The van der Waals surface area contributed by atoms with E-state index >= 15 is 0 Å². The molecule has 2 rings (SSSR count). The predicted molar refractivity (Wildman–Crippen MR) is 69.7 cm³/mol. The van der Waals surface area contributed by atoms with Gasteiger partial charge in [0.05, 0.1) is 12.7 Å². The van der Waals surface area contributed by atoms with Gasteiger partial charge in [0, 0.05) is 29.9 Å². The zero-order valence-corrected chi connectivity index (χ0v) is 10.5. The van der Waals surface area contributed by atoms with E-state index in [-0.39, 0.29) is 5.97 Å². The first-order valence-corrected chi connectivity index (χ1v) is 5.84. The Morgan fingerprint density at radius 3 is 2.89 bits per heavy atom. The molecular formula is C14H15NO3. The number of esters is 1. The minimum atomic E-state index is -0.365. The van der Waals surface area contributed by atoms with Crippen molar-refractivity contribution in [1.29, 1.82) is 0 Å². The molecule has 4 heteroatoms. The number of benzene rings is 1. The molecule has 0 bridgehead atoms. The summed E-state index contributed by atoms with van der Waals surface area (Å²) in [6.07, 6.45) is 2.75. The van der Waals surface area contributed by atoms with Gasteiger partial charge >= 0.3 is 5.97 Å². The van der Waals surface area contributed by atoms with Gasteiger partial charge in [-0.25, -0.2) is 4.79 Å². The van der Waals surface area contributed by atoms with E-state index in [2.05, 4.69) is 4.90 Å². The number of hydrogen-bond donors (Lipinski definition) is 0. The number of fused-ring (bicyclic) bond motifs is 1. The maximum atomic E-state index is 11.5. The van der Waals surface area contributed by atoms with Crippen LogP contribution in [0.5, 0.6) is 0 Å². The zero-order valence-electron chi connectivity index (χ0n) is 10.5. The van der Waals surface area contributed by atoms with Crippen molar-refractivity contribution >= 4 is 23.5 Å². The molecule has 1 heterocycles. The van der Waals surface area contributed by atoms with Crippen molar-refractivity contribution in [3.63, 3.8) is 0 Å². The monoisotopic (exact) mass is 245 g/mol. The van der Waals surface area contributed by atoms with E-state index in [4.69, 9.17) is 4.74 Å². The Labute approximate surface area is 106 Å². The number of hydrogen-bond acceptors (Lipinski definition) is 4. The fraction of sp³-hybridized carbons (Fsp3) is 0.286. The van der Waals surface area contributed by atoms with Crippen LogP contribution < -0.4 is 4.90 Å². The van der Waals surface area contributed by atoms with Crippen molar-refractivity contribution in [3.8, 4) is 0 Å². The van der Waals surface area contributed by atoms with Crippen LogP contribution in [0, 0.1) is 0 Å². The van der Waals surface area contributed by atoms with Crippen molar-refractivity contribution in [3.05, 3.63) is 35.4 Å². The molecular weight excluding hydrogens is 230 g/mol. The first-order valence-electron chi connectivity index (χ1n) is 5.84. The molecule has 0 unspecified atom stereocenters. The number of rotatable bonds is 3. The van der Waals surface area contributed by atoms with Crippen LogP contribution in [0.3, 0.4) is 0 Å². The van der Waals surface area contributed by atoms with Gasteiger partial charge in [0.1, 0.15) is 6.29 Å². The number of ether oxygens (including phenoxy) is 1. The van der Waals surface area contributed by atoms with Crippen LogP contribution in [0.4, 0.5) is 5.69 Å². The maximum Gasteiger partial charge on any atom is 0.337 e. The van der Waals surface area contributed by atoms with E-state index in [9.17, 15) is 9.59 Å². The minimum absolute atomic E-state index is 0.365. The van der Waals surface area contributed by atoms with Crippen molar-refractivity contribution in [2.45, 2.75) is 6.92 Å². The molecule has 1 aliphatic heterocycles. The molecule has 0 saturated carbocycles. The molecule has 94 valence electrons. The lowest BCUT2D eigenvalue weighted by atomic mass is 9.98. The van der Waals surface area contributed by atoms with Gasteiger partial charge in [-0.1, -0.05) is 12.1 Å². The number of allylic oxidation sites excluding steroid dienone is 1. The summed E-state index contributed by atoms with van der Waals surface area (Å²) >= 11 is 0. The van der Waals surface area contributed by atoms with E-state index in [1.165, 1.54) is 7.11 Å². The van der Waals surface area contributed by atoms with Crippen LogP contribution in [-0.2, 0) is 9.53 Å². The smallest absolute Gasteiger partial charge is 0.337 e. The summed E-state index contributed by atoms with van der Waals surface area (Å²) in [7, 11) is 1.36. The number of anilines is 1. The van der Waals surface area contributed by atoms with E-state index in [0.29, 0.717) is 17.7 Å². The highest BCUT2D eigenvalue weighted by Gasteiger charge is 2.19. The molecule has 0 radical (unpaired) electrons. The van der Waals surface area contributed by atoms with Gasteiger partial charge in [0.2, 0.25) is 0 Å². The second-order valence-electron chi connectivity index (χ2n) is 4.04. The summed E-state index contributed by atoms with van der Waals surface area (Å²) in [4.78, 5) is 24.6. The molecule has 18 heavy (non-hydrogen) atoms. The van der Waals surface area contributed by atoms with E-state index in [1.807, 2.05) is 13.0 Å². The molecule has 0 saturated heterocycles. The Morgan fingerprint density at radius 2 is 2.28 bits per heavy atom. The maximum absolute atomic E-state index is 11.5. The molecule has 0 amide bonds. The summed E-state index contributed by atoms with van der Waals surface area (Å²) < 4.78 is 4.71. The Hall–Kier alpha value is -2.10. The Morgan fingerprint density at radius 1 is 1.50 bits per heavy atom. The van der Waals surface area contributed by atoms with E-state index in [0.717, 1.165) is 24.1 Å². The number of nitrogens with zero attached hydrogens (tertiary/aromatic N) is 1. The highest BCUT2D eigenvalue weighted by atomic mass is 16.5. The minimum Gasteiger partial charge on any atom is -0.465 e. The standard InChI is InChI=1S/C14H15NO3/c1-3-15-7-6-11(9-16)12-5-4-10(8-13(12)15)14(17)18-2/h4-6,8-9H,3,7H2,1-2H3. The van der Waals surface area contributed by atoms with Crippen LogP contribution in [0.1, 0.15) is 22.8 Å². The number of aldehydes is 1. The number of carbonyl (C=O) groups excluding carboxylic acids is 2. The molecule has 0 aliphatic carbocycles.